The Labute approximate surface area is 83.7 Å². The molecule has 4 nitrogen and oxygen atoms in total. The monoisotopic (exact) mass is 197 g/mol. The molecule has 0 bridgehead atoms. The number of amides is 1. The second kappa shape index (κ2) is 4.66. The fourth-order valence-corrected chi connectivity index (χ4v) is 0.729. The second-order valence-corrected chi connectivity index (χ2v) is 3.71. The highest BCUT2D eigenvalue weighted by atomic mass is 16.4. The maximum absolute atomic E-state index is 11.4. The standard InChI is InChI=1S/C10H15NO3/c1-5-6-7(2)11-8(12)10(3,4)9(13)14/h1,7H,6H2,2-4H3,(H,11,12)(H,13,14). The topological polar surface area (TPSA) is 66.4 Å². The number of carboxylic acid groups (broad SMARTS) is 1. The molecule has 14 heavy (non-hydrogen) atoms. The fourth-order valence-electron chi connectivity index (χ4n) is 0.729. The zero-order valence-electron chi connectivity index (χ0n) is 8.63. The first-order chi connectivity index (χ1) is 6.32. The molecule has 0 saturated carbocycles. The zero-order chi connectivity index (χ0) is 11.4. The first-order valence-electron chi connectivity index (χ1n) is 4.30. The maximum Gasteiger partial charge on any atom is 0.318 e. The molecule has 78 valence electrons. The van der Waals surface area contributed by atoms with Crippen LogP contribution < -0.4 is 5.32 Å². The molecule has 1 unspecified atom stereocenters. The predicted molar refractivity (Wildman–Crippen MR) is 52.5 cm³/mol. The van der Waals surface area contributed by atoms with Crippen molar-refractivity contribution in [1.82, 2.24) is 5.32 Å². The summed E-state index contributed by atoms with van der Waals surface area (Å²) >= 11 is 0. The van der Waals surface area contributed by atoms with Crippen LogP contribution in [0.15, 0.2) is 0 Å². The first kappa shape index (κ1) is 12.5. The highest BCUT2D eigenvalue weighted by Crippen LogP contribution is 2.15. The quantitative estimate of drug-likeness (QED) is 0.513. The first-order valence-corrected chi connectivity index (χ1v) is 4.30. The van der Waals surface area contributed by atoms with Crippen molar-refractivity contribution < 1.29 is 14.7 Å². The van der Waals surface area contributed by atoms with E-state index in [2.05, 4.69) is 11.2 Å². The molecular formula is C10H15NO3. The van der Waals surface area contributed by atoms with Crippen LogP contribution in [0.25, 0.3) is 0 Å². The van der Waals surface area contributed by atoms with E-state index in [0.717, 1.165) is 0 Å². The van der Waals surface area contributed by atoms with Crippen molar-refractivity contribution in [3.8, 4) is 12.3 Å². The molecule has 0 aromatic heterocycles. The minimum atomic E-state index is -1.41. The predicted octanol–water partition coefficient (Wildman–Crippen LogP) is 0.625. The van der Waals surface area contributed by atoms with Gasteiger partial charge in [-0.1, -0.05) is 0 Å². The van der Waals surface area contributed by atoms with Crippen molar-refractivity contribution >= 4 is 11.9 Å². The Kier molecular flexibility index (Phi) is 4.16. The van der Waals surface area contributed by atoms with E-state index in [4.69, 9.17) is 11.5 Å². The number of terminal acetylenes is 1. The molecule has 0 aliphatic rings. The second-order valence-electron chi connectivity index (χ2n) is 3.71. The summed E-state index contributed by atoms with van der Waals surface area (Å²) in [5.74, 6) is 0.721. The van der Waals surface area contributed by atoms with Gasteiger partial charge in [-0.05, 0) is 20.8 Å². The summed E-state index contributed by atoms with van der Waals surface area (Å²) in [6.07, 6.45) is 5.45. The summed E-state index contributed by atoms with van der Waals surface area (Å²) < 4.78 is 0. The van der Waals surface area contributed by atoms with E-state index in [0.29, 0.717) is 6.42 Å². The Hall–Kier alpha value is -1.50. The van der Waals surface area contributed by atoms with Gasteiger partial charge in [-0.15, -0.1) is 12.3 Å². The Morgan fingerprint density at radius 3 is 2.43 bits per heavy atom. The number of carbonyl (C=O) groups is 2. The Morgan fingerprint density at radius 2 is 2.07 bits per heavy atom. The molecular weight excluding hydrogens is 182 g/mol. The van der Waals surface area contributed by atoms with Crippen LogP contribution in [0.2, 0.25) is 0 Å². The lowest BCUT2D eigenvalue weighted by Gasteiger charge is -2.20. The third-order valence-electron chi connectivity index (χ3n) is 1.90. The number of hydrogen-bond donors (Lipinski definition) is 2. The molecule has 0 aromatic carbocycles. The van der Waals surface area contributed by atoms with E-state index in [1.54, 1.807) is 6.92 Å². The van der Waals surface area contributed by atoms with Crippen LogP contribution in [0.4, 0.5) is 0 Å². The maximum atomic E-state index is 11.4. The third-order valence-corrected chi connectivity index (χ3v) is 1.90. The lowest BCUT2D eigenvalue weighted by atomic mass is 9.92. The molecule has 1 atom stereocenters. The SMILES string of the molecule is C#CCC(C)NC(=O)C(C)(C)C(=O)O. The van der Waals surface area contributed by atoms with E-state index in [1.165, 1.54) is 13.8 Å². The van der Waals surface area contributed by atoms with Gasteiger partial charge in [0.05, 0.1) is 0 Å². The van der Waals surface area contributed by atoms with Gasteiger partial charge in [0.25, 0.3) is 0 Å². The summed E-state index contributed by atoms with van der Waals surface area (Å²) in [5.41, 5.74) is -1.41. The number of carboxylic acids is 1. The summed E-state index contributed by atoms with van der Waals surface area (Å²) in [6.45, 7) is 4.44. The molecule has 0 aromatic rings. The van der Waals surface area contributed by atoms with E-state index in [1.807, 2.05) is 0 Å². The normalized spacial score (nSPS) is 12.7. The van der Waals surface area contributed by atoms with Crippen molar-refractivity contribution in [2.75, 3.05) is 0 Å². The average molecular weight is 197 g/mol. The van der Waals surface area contributed by atoms with Crippen LogP contribution in [0.5, 0.6) is 0 Å². The van der Waals surface area contributed by atoms with Crippen molar-refractivity contribution in [3.05, 3.63) is 0 Å². The smallest absolute Gasteiger partial charge is 0.318 e. The molecule has 0 saturated heterocycles. The largest absolute Gasteiger partial charge is 0.480 e. The Morgan fingerprint density at radius 1 is 1.57 bits per heavy atom. The van der Waals surface area contributed by atoms with Crippen LogP contribution in [0.3, 0.4) is 0 Å². The molecule has 0 fully saturated rings. The number of hydrogen-bond acceptors (Lipinski definition) is 2. The van der Waals surface area contributed by atoms with Gasteiger partial charge in [0.15, 0.2) is 0 Å². The third kappa shape index (κ3) is 3.09. The number of nitrogens with one attached hydrogen (secondary N) is 1. The molecule has 0 aliphatic carbocycles. The van der Waals surface area contributed by atoms with E-state index < -0.39 is 17.3 Å². The highest BCUT2D eigenvalue weighted by Gasteiger charge is 2.36. The van der Waals surface area contributed by atoms with Gasteiger partial charge in [0.2, 0.25) is 5.91 Å². The van der Waals surface area contributed by atoms with Gasteiger partial charge < -0.3 is 10.4 Å². The van der Waals surface area contributed by atoms with E-state index in [9.17, 15) is 9.59 Å². The van der Waals surface area contributed by atoms with Crippen molar-refractivity contribution in [2.45, 2.75) is 33.2 Å². The van der Waals surface area contributed by atoms with Crippen LogP contribution in [-0.4, -0.2) is 23.0 Å². The number of aliphatic carboxylic acids is 1. The summed E-state index contributed by atoms with van der Waals surface area (Å²) in [7, 11) is 0. The van der Waals surface area contributed by atoms with Crippen molar-refractivity contribution in [1.29, 1.82) is 0 Å². The van der Waals surface area contributed by atoms with Gasteiger partial charge in [-0.3, -0.25) is 9.59 Å². The summed E-state index contributed by atoms with van der Waals surface area (Å²) in [6, 6.07) is -0.203. The van der Waals surface area contributed by atoms with Gasteiger partial charge in [0, 0.05) is 12.5 Å². The molecule has 0 spiro atoms. The minimum absolute atomic E-state index is 0.203. The molecule has 2 N–H and O–H groups in total. The van der Waals surface area contributed by atoms with Gasteiger partial charge in [0.1, 0.15) is 5.41 Å². The fraction of sp³-hybridized carbons (Fsp3) is 0.600. The van der Waals surface area contributed by atoms with Gasteiger partial charge in [-0.25, -0.2) is 0 Å². The van der Waals surface area contributed by atoms with Crippen LogP contribution in [0, 0.1) is 17.8 Å². The molecule has 4 heteroatoms. The van der Waals surface area contributed by atoms with Crippen LogP contribution >= 0.6 is 0 Å². The summed E-state index contributed by atoms with van der Waals surface area (Å²) in [4.78, 5) is 22.1. The molecule has 1 amide bonds. The summed E-state index contributed by atoms with van der Waals surface area (Å²) in [5, 5.41) is 11.3. The van der Waals surface area contributed by atoms with Crippen LogP contribution in [-0.2, 0) is 9.59 Å². The lowest BCUT2D eigenvalue weighted by molar-refractivity contribution is -0.153. The number of rotatable bonds is 4. The van der Waals surface area contributed by atoms with Crippen molar-refractivity contribution in [3.63, 3.8) is 0 Å². The molecule has 0 heterocycles. The number of carbonyl (C=O) groups excluding carboxylic acids is 1. The highest BCUT2D eigenvalue weighted by molar-refractivity contribution is 6.01. The van der Waals surface area contributed by atoms with Crippen molar-refractivity contribution in [2.24, 2.45) is 5.41 Å². The van der Waals surface area contributed by atoms with E-state index >= 15 is 0 Å². The van der Waals surface area contributed by atoms with Crippen LogP contribution in [0.1, 0.15) is 27.2 Å². The Balaban J connectivity index is 4.36. The van der Waals surface area contributed by atoms with E-state index in [-0.39, 0.29) is 6.04 Å². The van der Waals surface area contributed by atoms with Gasteiger partial charge >= 0.3 is 5.97 Å². The lowest BCUT2D eigenvalue weighted by Crippen LogP contribution is -2.45. The minimum Gasteiger partial charge on any atom is -0.480 e. The molecule has 0 aliphatic heterocycles. The average Bonchev–Trinajstić information content (AvgIpc) is 2.03. The molecule has 0 rings (SSSR count). The van der Waals surface area contributed by atoms with Gasteiger partial charge in [-0.2, -0.15) is 0 Å². The molecule has 0 radical (unpaired) electrons. The zero-order valence-corrected chi connectivity index (χ0v) is 8.63. The Bertz CT molecular complexity index is 276.